The van der Waals surface area contributed by atoms with Gasteiger partial charge in [-0.3, -0.25) is 15.2 Å². The molecule has 0 aliphatic carbocycles. The summed E-state index contributed by atoms with van der Waals surface area (Å²) in [5, 5.41) is 1.85. The summed E-state index contributed by atoms with van der Waals surface area (Å²) in [6.45, 7) is 3.51. The quantitative estimate of drug-likeness (QED) is 0.843. The topological polar surface area (TPSA) is 48.5 Å². The van der Waals surface area contributed by atoms with E-state index >= 15 is 0 Å². The van der Waals surface area contributed by atoms with Gasteiger partial charge in [0.15, 0.2) is 0 Å². The number of carbonyl (C=O) groups is 1. The van der Waals surface area contributed by atoms with Gasteiger partial charge in [0.1, 0.15) is 4.32 Å². The van der Waals surface area contributed by atoms with Crippen molar-refractivity contribution in [2.45, 2.75) is 6.92 Å². The van der Waals surface area contributed by atoms with E-state index in [9.17, 15) is 4.79 Å². The normalized spacial score (nSPS) is 16.7. The Morgan fingerprint density at radius 2 is 2.28 bits per heavy atom. The first-order chi connectivity index (χ1) is 8.70. The van der Waals surface area contributed by atoms with Gasteiger partial charge in [-0.2, -0.15) is 5.01 Å². The summed E-state index contributed by atoms with van der Waals surface area (Å²) in [5.41, 5.74) is 3.47. The number of rotatable bonds is 3. The van der Waals surface area contributed by atoms with E-state index in [2.05, 4.69) is 10.4 Å². The molecule has 1 fully saturated rings. The van der Waals surface area contributed by atoms with Crippen LogP contribution in [0.15, 0.2) is 24.5 Å². The zero-order valence-electron chi connectivity index (χ0n) is 10.00. The fourth-order valence-electron chi connectivity index (χ4n) is 1.54. The molecule has 1 aliphatic heterocycles. The molecule has 5 nitrogen and oxygen atoms in total. The van der Waals surface area contributed by atoms with Crippen molar-refractivity contribution < 1.29 is 4.79 Å². The fourth-order valence-corrected chi connectivity index (χ4v) is 2.66. The highest BCUT2D eigenvalue weighted by Crippen LogP contribution is 2.16. The minimum absolute atomic E-state index is 0.123. The molecule has 1 aromatic rings. The van der Waals surface area contributed by atoms with Gasteiger partial charge in [0.2, 0.25) is 0 Å². The number of pyridine rings is 1. The molecular weight excluding hydrogens is 268 g/mol. The Balaban J connectivity index is 1.94. The first-order valence-electron chi connectivity index (χ1n) is 5.58. The summed E-state index contributed by atoms with van der Waals surface area (Å²) in [4.78, 5) is 17.9. The van der Waals surface area contributed by atoms with Crippen molar-refractivity contribution in [3.05, 3.63) is 30.1 Å². The Morgan fingerprint density at radius 3 is 2.94 bits per heavy atom. The van der Waals surface area contributed by atoms with E-state index in [1.807, 2.05) is 16.8 Å². The van der Waals surface area contributed by atoms with Crippen LogP contribution in [0.4, 0.5) is 0 Å². The van der Waals surface area contributed by atoms with Gasteiger partial charge in [-0.15, -0.1) is 0 Å². The zero-order chi connectivity index (χ0) is 13.0. The largest absolute Gasteiger partial charge is 0.343 e. The van der Waals surface area contributed by atoms with E-state index in [1.54, 1.807) is 36.3 Å². The standard InChI is InChI=1S/C11H14N4OS2/c1-2-14-7-15(8-18-11(14)17)13-10(16)9-3-5-12-6-4-9/h3-6H,2,7-8H2,1H3,(H,13,16). The van der Waals surface area contributed by atoms with E-state index in [0.29, 0.717) is 18.1 Å². The summed E-state index contributed by atoms with van der Waals surface area (Å²) in [7, 11) is 0. The van der Waals surface area contributed by atoms with Crippen molar-refractivity contribution in [2.24, 2.45) is 0 Å². The summed E-state index contributed by atoms with van der Waals surface area (Å²) < 4.78 is 0.881. The Hall–Kier alpha value is -1.18. The van der Waals surface area contributed by atoms with E-state index in [-0.39, 0.29) is 5.91 Å². The van der Waals surface area contributed by atoms with E-state index in [4.69, 9.17) is 12.2 Å². The molecule has 0 atom stereocenters. The van der Waals surface area contributed by atoms with E-state index in [1.165, 1.54) is 0 Å². The Kier molecular flexibility index (Phi) is 4.51. The van der Waals surface area contributed by atoms with Crippen molar-refractivity contribution in [2.75, 3.05) is 19.1 Å². The maximum Gasteiger partial charge on any atom is 0.265 e. The van der Waals surface area contributed by atoms with E-state index in [0.717, 1.165) is 10.9 Å². The molecule has 0 radical (unpaired) electrons. The van der Waals surface area contributed by atoms with Crippen molar-refractivity contribution >= 4 is 34.2 Å². The molecule has 0 spiro atoms. The molecule has 2 rings (SSSR count). The number of hydrogen-bond acceptors (Lipinski definition) is 5. The Morgan fingerprint density at radius 1 is 1.56 bits per heavy atom. The van der Waals surface area contributed by atoms with Crippen LogP contribution in [-0.2, 0) is 0 Å². The van der Waals surface area contributed by atoms with Gasteiger partial charge in [-0.1, -0.05) is 24.0 Å². The molecular formula is C11H14N4OS2. The minimum atomic E-state index is -0.123. The third-order valence-electron chi connectivity index (χ3n) is 2.53. The highest BCUT2D eigenvalue weighted by molar-refractivity contribution is 8.22. The molecule has 0 aromatic carbocycles. The minimum Gasteiger partial charge on any atom is -0.343 e. The van der Waals surface area contributed by atoms with Gasteiger partial charge in [0, 0.05) is 24.5 Å². The third kappa shape index (κ3) is 3.18. The molecule has 1 N–H and O–H groups in total. The van der Waals surface area contributed by atoms with Crippen LogP contribution in [0.3, 0.4) is 0 Å². The van der Waals surface area contributed by atoms with Gasteiger partial charge >= 0.3 is 0 Å². The zero-order valence-corrected chi connectivity index (χ0v) is 11.6. The van der Waals surface area contributed by atoms with Crippen LogP contribution in [0.1, 0.15) is 17.3 Å². The van der Waals surface area contributed by atoms with Crippen LogP contribution >= 0.6 is 24.0 Å². The second-order valence-electron chi connectivity index (χ2n) is 3.75. The van der Waals surface area contributed by atoms with Crippen LogP contribution in [-0.4, -0.2) is 44.2 Å². The Bertz CT molecular complexity index is 440. The van der Waals surface area contributed by atoms with Crippen LogP contribution in [0.5, 0.6) is 0 Å². The number of thioether (sulfide) groups is 1. The van der Waals surface area contributed by atoms with Gasteiger partial charge in [0.25, 0.3) is 5.91 Å². The average Bonchev–Trinajstić information content (AvgIpc) is 2.42. The predicted molar refractivity (Wildman–Crippen MR) is 75.8 cm³/mol. The number of nitrogens with zero attached hydrogens (tertiary/aromatic N) is 3. The maximum atomic E-state index is 11.9. The number of thiocarbonyl (C=S) groups is 1. The number of aromatic nitrogens is 1. The third-order valence-corrected chi connectivity index (χ3v) is 4.09. The lowest BCUT2D eigenvalue weighted by Crippen LogP contribution is -2.52. The van der Waals surface area contributed by atoms with Crippen molar-refractivity contribution in [3.8, 4) is 0 Å². The molecule has 2 heterocycles. The summed E-state index contributed by atoms with van der Waals surface area (Å²) in [5.74, 6) is 0.550. The van der Waals surface area contributed by atoms with Crippen molar-refractivity contribution in [1.29, 1.82) is 0 Å². The number of hydrazine groups is 1. The molecule has 7 heteroatoms. The number of amides is 1. The monoisotopic (exact) mass is 282 g/mol. The highest BCUT2D eigenvalue weighted by atomic mass is 32.2. The lowest BCUT2D eigenvalue weighted by molar-refractivity contribution is 0.0754. The molecule has 0 saturated carbocycles. The fraction of sp³-hybridized carbons (Fsp3) is 0.364. The molecule has 96 valence electrons. The molecule has 1 aromatic heterocycles. The smallest absolute Gasteiger partial charge is 0.265 e. The molecule has 1 saturated heterocycles. The van der Waals surface area contributed by atoms with Gasteiger partial charge in [-0.05, 0) is 19.1 Å². The lowest BCUT2D eigenvalue weighted by Gasteiger charge is -2.35. The van der Waals surface area contributed by atoms with E-state index < -0.39 is 0 Å². The number of carbonyl (C=O) groups excluding carboxylic acids is 1. The number of nitrogens with one attached hydrogen (secondary N) is 1. The SMILES string of the molecule is CCN1CN(NC(=O)c2ccncc2)CSC1=S. The first-order valence-corrected chi connectivity index (χ1v) is 6.97. The van der Waals surface area contributed by atoms with Crippen molar-refractivity contribution in [3.63, 3.8) is 0 Å². The summed E-state index contributed by atoms with van der Waals surface area (Å²) in [6, 6.07) is 3.38. The first kappa shape index (κ1) is 13.3. The van der Waals surface area contributed by atoms with Crippen LogP contribution in [0.25, 0.3) is 0 Å². The Labute approximate surface area is 116 Å². The van der Waals surface area contributed by atoms with Gasteiger partial charge < -0.3 is 4.90 Å². The second kappa shape index (κ2) is 6.12. The summed E-state index contributed by atoms with van der Waals surface area (Å²) >= 11 is 6.78. The van der Waals surface area contributed by atoms with Crippen LogP contribution in [0, 0.1) is 0 Å². The predicted octanol–water partition coefficient (Wildman–Crippen LogP) is 1.30. The molecule has 0 unspecified atom stereocenters. The van der Waals surface area contributed by atoms with Gasteiger partial charge in [0.05, 0.1) is 12.5 Å². The average molecular weight is 282 g/mol. The lowest BCUT2D eigenvalue weighted by atomic mass is 10.3. The second-order valence-corrected chi connectivity index (χ2v) is 5.33. The molecule has 1 aliphatic rings. The summed E-state index contributed by atoms with van der Waals surface area (Å²) in [6.07, 6.45) is 3.21. The van der Waals surface area contributed by atoms with Crippen LogP contribution < -0.4 is 5.43 Å². The van der Waals surface area contributed by atoms with Gasteiger partial charge in [-0.25, -0.2) is 0 Å². The molecule has 1 amide bonds. The highest BCUT2D eigenvalue weighted by Gasteiger charge is 2.21. The maximum absolute atomic E-state index is 11.9. The molecule has 0 bridgehead atoms. The number of hydrogen-bond donors (Lipinski definition) is 1. The van der Waals surface area contributed by atoms with Crippen molar-refractivity contribution in [1.82, 2.24) is 20.3 Å². The van der Waals surface area contributed by atoms with Crippen LogP contribution in [0.2, 0.25) is 0 Å². The molecule has 18 heavy (non-hydrogen) atoms.